The Kier molecular flexibility index (Phi) is 3.00. The van der Waals surface area contributed by atoms with Gasteiger partial charge in [0.05, 0.1) is 5.51 Å². The molecule has 1 N–H and O–H groups in total. The Morgan fingerprint density at radius 2 is 2.22 bits per heavy atom. The summed E-state index contributed by atoms with van der Waals surface area (Å²) in [6.07, 6.45) is 4.82. The maximum atomic E-state index is 4.21. The highest BCUT2D eigenvalue weighted by molar-refractivity contribution is 7.09. The molecule has 0 amide bonds. The Balaban J connectivity index is 1.80. The van der Waals surface area contributed by atoms with Gasteiger partial charge in [-0.15, -0.1) is 11.3 Å². The minimum atomic E-state index is 0.221. The van der Waals surface area contributed by atoms with Crippen LogP contribution in [0.15, 0.2) is 11.7 Å². The lowest BCUT2D eigenvalue weighted by atomic mass is 9.86. The maximum Gasteiger partial charge on any atom is 0.0794 e. The molecule has 18 heavy (non-hydrogen) atoms. The number of aromatic nitrogens is 1. The average molecular weight is 265 g/mol. The van der Waals surface area contributed by atoms with Crippen LogP contribution in [0.4, 0.5) is 0 Å². The number of thiazole rings is 1. The molecule has 0 radical (unpaired) electrons. The molecule has 0 bridgehead atoms. The zero-order valence-corrected chi connectivity index (χ0v) is 12.4. The third kappa shape index (κ3) is 2.33. The molecule has 1 atom stereocenters. The van der Waals surface area contributed by atoms with Crippen molar-refractivity contribution >= 4 is 11.3 Å². The van der Waals surface area contributed by atoms with Crippen LogP contribution in [0.1, 0.15) is 38.5 Å². The molecule has 4 heteroatoms. The van der Waals surface area contributed by atoms with Gasteiger partial charge in [0, 0.05) is 41.8 Å². The Bertz CT molecular complexity index is 411. The summed E-state index contributed by atoms with van der Waals surface area (Å²) in [4.78, 5) is 8.29. The first-order valence-corrected chi connectivity index (χ1v) is 7.75. The summed E-state index contributed by atoms with van der Waals surface area (Å²) in [6, 6.07) is 0. The van der Waals surface area contributed by atoms with Crippen molar-refractivity contribution in [2.45, 2.75) is 51.2 Å². The van der Waals surface area contributed by atoms with E-state index in [1.807, 2.05) is 11.7 Å². The zero-order valence-electron chi connectivity index (χ0n) is 11.6. The van der Waals surface area contributed by atoms with Crippen LogP contribution in [-0.4, -0.2) is 34.1 Å². The second kappa shape index (κ2) is 4.29. The van der Waals surface area contributed by atoms with Crippen molar-refractivity contribution in [2.75, 3.05) is 13.1 Å². The molecule has 2 fully saturated rings. The smallest absolute Gasteiger partial charge is 0.0794 e. The zero-order chi connectivity index (χ0) is 12.8. The summed E-state index contributed by atoms with van der Waals surface area (Å²) in [7, 11) is 0. The van der Waals surface area contributed by atoms with Crippen LogP contribution >= 0.6 is 11.3 Å². The van der Waals surface area contributed by atoms with Crippen molar-refractivity contribution < 1.29 is 0 Å². The molecule has 0 spiro atoms. The minimum absolute atomic E-state index is 0.221. The molecule has 100 valence electrons. The van der Waals surface area contributed by atoms with Crippen LogP contribution in [0.3, 0.4) is 0 Å². The van der Waals surface area contributed by atoms with Crippen LogP contribution in [-0.2, 0) is 6.54 Å². The quantitative estimate of drug-likeness (QED) is 0.910. The van der Waals surface area contributed by atoms with Crippen molar-refractivity contribution in [1.82, 2.24) is 15.2 Å². The molecule has 1 unspecified atom stereocenters. The predicted molar refractivity (Wildman–Crippen MR) is 75.7 cm³/mol. The van der Waals surface area contributed by atoms with Gasteiger partial charge in [0.2, 0.25) is 0 Å². The summed E-state index contributed by atoms with van der Waals surface area (Å²) in [5.41, 5.74) is 2.50. The van der Waals surface area contributed by atoms with Crippen LogP contribution in [0.25, 0.3) is 0 Å². The summed E-state index contributed by atoms with van der Waals surface area (Å²) in [6.45, 7) is 10.3. The van der Waals surface area contributed by atoms with E-state index in [9.17, 15) is 0 Å². The van der Waals surface area contributed by atoms with Crippen molar-refractivity contribution in [3.63, 3.8) is 0 Å². The van der Waals surface area contributed by atoms with Gasteiger partial charge in [-0.05, 0) is 39.5 Å². The van der Waals surface area contributed by atoms with E-state index in [1.165, 1.54) is 17.7 Å². The molecule has 2 aliphatic rings. The molecule has 1 aromatic heterocycles. The lowest BCUT2D eigenvalue weighted by molar-refractivity contribution is 0.00591. The van der Waals surface area contributed by atoms with Gasteiger partial charge in [-0.1, -0.05) is 0 Å². The van der Waals surface area contributed by atoms with Gasteiger partial charge in [0.25, 0.3) is 0 Å². The third-order valence-electron chi connectivity index (χ3n) is 4.52. The van der Waals surface area contributed by atoms with Crippen molar-refractivity contribution in [3.8, 4) is 0 Å². The third-order valence-corrected chi connectivity index (χ3v) is 5.28. The highest BCUT2D eigenvalue weighted by Crippen LogP contribution is 2.45. The highest BCUT2D eigenvalue weighted by Gasteiger charge is 2.49. The molecule has 3 rings (SSSR count). The van der Waals surface area contributed by atoms with Gasteiger partial charge in [0.15, 0.2) is 0 Å². The van der Waals surface area contributed by atoms with Gasteiger partial charge in [0.1, 0.15) is 0 Å². The minimum Gasteiger partial charge on any atom is -0.309 e. The van der Waals surface area contributed by atoms with Gasteiger partial charge in [-0.2, -0.15) is 0 Å². The Hall–Kier alpha value is -0.450. The Morgan fingerprint density at radius 3 is 2.83 bits per heavy atom. The van der Waals surface area contributed by atoms with Crippen molar-refractivity contribution in [3.05, 3.63) is 16.6 Å². The number of piperazine rings is 1. The number of rotatable bonds is 3. The molecule has 1 saturated heterocycles. The van der Waals surface area contributed by atoms with Gasteiger partial charge in [-0.3, -0.25) is 9.88 Å². The first-order valence-electron chi connectivity index (χ1n) is 6.87. The van der Waals surface area contributed by atoms with Crippen LogP contribution < -0.4 is 5.32 Å². The van der Waals surface area contributed by atoms with Gasteiger partial charge < -0.3 is 5.32 Å². The fourth-order valence-electron chi connectivity index (χ4n) is 3.10. The van der Waals surface area contributed by atoms with Gasteiger partial charge >= 0.3 is 0 Å². The molecular weight excluding hydrogens is 242 g/mol. The Labute approximate surface area is 114 Å². The fourth-order valence-corrected chi connectivity index (χ4v) is 3.71. The molecule has 1 saturated carbocycles. The number of hydrogen-bond acceptors (Lipinski definition) is 4. The molecule has 1 aliphatic heterocycles. The summed E-state index contributed by atoms with van der Waals surface area (Å²) in [5, 5.41) is 3.73. The van der Waals surface area contributed by atoms with Crippen LogP contribution in [0.2, 0.25) is 0 Å². The lowest BCUT2D eigenvalue weighted by Crippen LogP contribution is -2.67. The van der Waals surface area contributed by atoms with Crippen LogP contribution in [0, 0.1) is 5.92 Å². The number of nitrogens with zero attached hydrogens (tertiary/aromatic N) is 2. The molecule has 1 aromatic rings. The summed E-state index contributed by atoms with van der Waals surface area (Å²) in [5.74, 6) is 0.883. The molecule has 1 aliphatic carbocycles. The molecule has 3 nitrogen and oxygen atoms in total. The van der Waals surface area contributed by atoms with E-state index < -0.39 is 0 Å². The number of nitrogens with one attached hydrogen (secondary N) is 1. The standard InChI is InChI=1S/C14H23N3S/c1-13(2)9-17(7-12-6-15-10-18-12)14(3,8-16-13)11-4-5-11/h6,10-11,16H,4-5,7-9H2,1-3H3. The normalized spacial score (nSPS) is 32.6. The van der Waals surface area contributed by atoms with Crippen molar-refractivity contribution in [2.24, 2.45) is 5.92 Å². The molecule has 2 heterocycles. The van der Waals surface area contributed by atoms with E-state index in [2.05, 4.69) is 36.0 Å². The summed E-state index contributed by atoms with van der Waals surface area (Å²) >= 11 is 1.78. The monoisotopic (exact) mass is 265 g/mol. The SMILES string of the molecule is CC1(C)CN(Cc2cncs2)C(C)(C2CC2)CN1. The van der Waals surface area contributed by atoms with Crippen LogP contribution in [0.5, 0.6) is 0 Å². The largest absolute Gasteiger partial charge is 0.309 e. The van der Waals surface area contributed by atoms with E-state index in [-0.39, 0.29) is 5.54 Å². The average Bonchev–Trinajstić information content (AvgIpc) is 3.04. The summed E-state index contributed by atoms with van der Waals surface area (Å²) < 4.78 is 0. The second-order valence-corrected chi connectivity index (χ2v) is 7.66. The van der Waals surface area contributed by atoms with E-state index in [1.54, 1.807) is 11.3 Å². The Morgan fingerprint density at radius 1 is 1.44 bits per heavy atom. The fraction of sp³-hybridized carbons (Fsp3) is 0.786. The molecule has 0 aromatic carbocycles. The topological polar surface area (TPSA) is 28.2 Å². The molecular formula is C14H23N3S. The second-order valence-electron chi connectivity index (χ2n) is 6.69. The number of hydrogen-bond donors (Lipinski definition) is 1. The van der Waals surface area contributed by atoms with E-state index in [0.29, 0.717) is 5.54 Å². The predicted octanol–water partition coefficient (Wildman–Crippen LogP) is 2.50. The first kappa shape index (κ1) is 12.6. The van der Waals surface area contributed by atoms with Crippen molar-refractivity contribution in [1.29, 1.82) is 0 Å². The van der Waals surface area contributed by atoms with Gasteiger partial charge in [-0.25, -0.2) is 0 Å². The maximum absolute atomic E-state index is 4.21. The van der Waals surface area contributed by atoms with E-state index in [0.717, 1.165) is 25.6 Å². The lowest BCUT2D eigenvalue weighted by Gasteiger charge is -2.51. The van der Waals surface area contributed by atoms with E-state index >= 15 is 0 Å². The van der Waals surface area contributed by atoms with E-state index in [4.69, 9.17) is 0 Å². The highest BCUT2D eigenvalue weighted by atomic mass is 32.1. The first-order chi connectivity index (χ1) is 8.50.